The van der Waals surface area contributed by atoms with Crippen LogP contribution in [0.2, 0.25) is 0 Å². The molecule has 0 saturated heterocycles. The van der Waals surface area contributed by atoms with Gasteiger partial charge in [0.15, 0.2) is 0 Å². The van der Waals surface area contributed by atoms with Crippen LogP contribution in [-0.4, -0.2) is 24.8 Å². The Morgan fingerprint density at radius 3 is 2.68 bits per heavy atom. The minimum Gasteiger partial charge on any atom is -0.497 e. The van der Waals surface area contributed by atoms with Gasteiger partial charge in [0.25, 0.3) is 0 Å². The number of methoxy groups -OCH3 is 1. The predicted molar refractivity (Wildman–Crippen MR) is 71.9 cm³/mol. The van der Waals surface area contributed by atoms with E-state index < -0.39 is 5.97 Å². The molecule has 0 atom stereocenters. The van der Waals surface area contributed by atoms with Crippen molar-refractivity contribution in [3.8, 4) is 5.75 Å². The van der Waals surface area contributed by atoms with Gasteiger partial charge in [-0.25, -0.2) is 4.79 Å². The second-order valence-electron chi connectivity index (χ2n) is 4.21. The summed E-state index contributed by atoms with van der Waals surface area (Å²) in [7, 11) is 1.62. The molecule has 4 heteroatoms. The van der Waals surface area contributed by atoms with Crippen molar-refractivity contribution in [3.63, 3.8) is 0 Å². The van der Waals surface area contributed by atoms with E-state index in [1.165, 1.54) is 0 Å². The van der Waals surface area contributed by atoms with E-state index in [0.717, 1.165) is 17.7 Å². The highest BCUT2D eigenvalue weighted by atomic mass is 16.5. The lowest BCUT2D eigenvalue weighted by Gasteiger charge is -2.16. The van der Waals surface area contributed by atoms with Crippen LogP contribution in [0.25, 0.3) is 6.08 Å². The summed E-state index contributed by atoms with van der Waals surface area (Å²) in [6.07, 6.45) is 4.85. The van der Waals surface area contributed by atoms with Gasteiger partial charge >= 0.3 is 5.97 Å². The topological polar surface area (TPSA) is 55.8 Å². The molecule has 0 unspecified atom stereocenters. The SMILES string of the molecule is COc1ccc(C=CC2=C(C(=O)O)CCCO2)cc1. The van der Waals surface area contributed by atoms with Gasteiger partial charge in [0.1, 0.15) is 11.5 Å². The third kappa shape index (κ3) is 3.37. The molecule has 1 aliphatic rings. The molecule has 0 aliphatic carbocycles. The summed E-state index contributed by atoms with van der Waals surface area (Å²) in [5.74, 6) is 0.333. The number of ether oxygens (including phenoxy) is 2. The Balaban J connectivity index is 2.17. The van der Waals surface area contributed by atoms with Crippen LogP contribution < -0.4 is 4.74 Å². The molecule has 0 fully saturated rings. The average molecular weight is 260 g/mol. The lowest BCUT2D eigenvalue weighted by Crippen LogP contribution is -2.12. The molecule has 2 rings (SSSR count). The summed E-state index contributed by atoms with van der Waals surface area (Å²) < 4.78 is 10.5. The second kappa shape index (κ2) is 6.09. The summed E-state index contributed by atoms with van der Waals surface area (Å²) in [4.78, 5) is 11.1. The first-order valence-corrected chi connectivity index (χ1v) is 6.12. The summed E-state index contributed by atoms with van der Waals surface area (Å²) in [5.41, 5.74) is 1.31. The van der Waals surface area contributed by atoms with Crippen LogP contribution in [0, 0.1) is 0 Å². The maximum absolute atomic E-state index is 11.1. The van der Waals surface area contributed by atoms with E-state index >= 15 is 0 Å². The number of carboxylic acids is 1. The minimum atomic E-state index is -0.908. The fourth-order valence-electron chi connectivity index (χ4n) is 1.89. The highest BCUT2D eigenvalue weighted by Crippen LogP contribution is 2.21. The van der Waals surface area contributed by atoms with Crippen LogP contribution >= 0.6 is 0 Å². The smallest absolute Gasteiger partial charge is 0.335 e. The van der Waals surface area contributed by atoms with Gasteiger partial charge in [-0.3, -0.25) is 0 Å². The second-order valence-corrected chi connectivity index (χ2v) is 4.21. The molecule has 0 amide bonds. The fourth-order valence-corrected chi connectivity index (χ4v) is 1.89. The maximum atomic E-state index is 11.1. The number of benzene rings is 1. The van der Waals surface area contributed by atoms with Crippen LogP contribution in [-0.2, 0) is 9.53 Å². The number of hydrogen-bond acceptors (Lipinski definition) is 3. The standard InChI is InChI=1S/C15H16O4/c1-18-12-7-4-11(5-8-12)6-9-14-13(15(16)17)3-2-10-19-14/h4-9H,2-3,10H2,1H3,(H,16,17). The third-order valence-corrected chi connectivity index (χ3v) is 2.93. The van der Waals surface area contributed by atoms with E-state index in [-0.39, 0.29) is 0 Å². The molecule has 1 aromatic rings. The largest absolute Gasteiger partial charge is 0.497 e. The number of carboxylic acid groups (broad SMARTS) is 1. The number of allylic oxidation sites excluding steroid dienone is 1. The fraction of sp³-hybridized carbons (Fsp3) is 0.267. The minimum absolute atomic E-state index is 0.344. The van der Waals surface area contributed by atoms with Crippen molar-refractivity contribution in [1.82, 2.24) is 0 Å². The first-order valence-electron chi connectivity index (χ1n) is 6.12. The molecule has 1 heterocycles. The Hall–Kier alpha value is -2.23. The highest BCUT2D eigenvalue weighted by Gasteiger charge is 2.17. The van der Waals surface area contributed by atoms with Gasteiger partial charge in [0.2, 0.25) is 0 Å². The van der Waals surface area contributed by atoms with E-state index in [2.05, 4.69) is 0 Å². The predicted octanol–water partition coefficient (Wildman–Crippen LogP) is 2.86. The summed E-state index contributed by atoms with van der Waals surface area (Å²) >= 11 is 0. The van der Waals surface area contributed by atoms with E-state index in [1.54, 1.807) is 13.2 Å². The van der Waals surface area contributed by atoms with Gasteiger partial charge < -0.3 is 14.6 Å². The van der Waals surface area contributed by atoms with Gasteiger partial charge in [0.05, 0.1) is 19.3 Å². The molecule has 1 aromatic carbocycles. The molecular weight excluding hydrogens is 244 g/mol. The normalized spacial score (nSPS) is 15.4. The first-order chi connectivity index (χ1) is 9.20. The Morgan fingerprint density at radius 2 is 2.05 bits per heavy atom. The number of hydrogen-bond donors (Lipinski definition) is 1. The van der Waals surface area contributed by atoms with Gasteiger partial charge in [-0.15, -0.1) is 0 Å². The van der Waals surface area contributed by atoms with Crippen molar-refractivity contribution in [1.29, 1.82) is 0 Å². The molecule has 0 aromatic heterocycles. The molecule has 0 radical (unpaired) electrons. The van der Waals surface area contributed by atoms with Crippen molar-refractivity contribution in [2.24, 2.45) is 0 Å². The van der Waals surface area contributed by atoms with E-state index in [9.17, 15) is 4.79 Å². The third-order valence-electron chi connectivity index (χ3n) is 2.93. The zero-order valence-electron chi connectivity index (χ0n) is 10.8. The Labute approximate surface area is 112 Å². The van der Waals surface area contributed by atoms with Crippen LogP contribution in [0.5, 0.6) is 5.75 Å². The number of carbonyl (C=O) groups is 1. The van der Waals surface area contributed by atoms with Gasteiger partial charge in [-0.05, 0) is 36.6 Å². The summed E-state index contributed by atoms with van der Waals surface area (Å²) in [6.45, 7) is 0.569. The summed E-state index contributed by atoms with van der Waals surface area (Å²) in [6, 6.07) is 7.51. The quantitative estimate of drug-likeness (QED) is 0.904. The molecule has 1 N–H and O–H groups in total. The van der Waals surface area contributed by atoms with Crippen molar-refractivity contribution in [2.45, 2.75) is 12.8 Å². The molecule has 1 aliphatic heterocycles. The lowest BCUT2D eigenvalue weighted by atomic mass is 10.1. The van der Waals surface area contributed by atoms with Crippen LogP contribution in [0.3, 0.4) is 0 Å². The Bertz CT molecular complexity index is 511. The van der Waals surface area contributed by atoms with E-state index in [1.807, 2.05) is 30.3 Å². The summed E-state index contributed by atoms with van der Waals surface area (Å²) in [5, 5.41) is 9.09. The zero-order chi connectivity index (χ0) is 13.7. The average Bonchev–Trinajstić information content (AvgIpc) is 2.46. The van der Waals surface area contributed by atoms with Crippen LogP contribution in [0.15, 0.2) is 41.7 Å². The molecule has 4 nitrogen and oxygen atoms in total. The Morgan fingerprint density at radius 1 is 1.32 bits per heavy atom. The molecule has 0 spiro atoms. The van der Waals surface area contributed by atoms with Crippen molar-refractivity contribution in [3.05, 3.63) is 47.2 Å². The van der Waals surface area contributed by atoms with E-state index in [0.29, 0.717) is 24.4 Å². The van der Waals surface area contributed by atoms with Crippen LogP contribution in [0.1, 0.15) is 18.4 Å². The van der Waals surface area contributed by atoms with Crippen molar-refractivity contribution in [2.75, 3.05) is 13.7 Å². The van der Waals surface area contributed by atoms with Crippen LogP contribution in [0.4, 0.5) is 0 Å². The first kappa shape index (κ1) is 13.2. The lowest BCUT2D eigenvalue weighted by molar-refractivity contribution is -0.133. The van der Waals surface area contributed by atoms with Gasteiger partial charge in [-0.2, -0.15) is 0 Å². The molecule has 19 heavy (non-hydrogen) atoms. The van der Waals surface area contributed by atoms with E-state index in [4.69, 9.17) is 14.6 Å². The molecule has 100 valence electrons. The molecule has 0 bridgehead atoms. The van der Waals surface area contributed by atoms with Crippen molar-refractivity contribution < 1.29 is 19.4 Å². The van der Waals surface area contributed by atoms with Crippen molar-refractivity contribution >= 4 is 12.0 Å². The molecular formula is C15H16O4. The number of rotatable bonds is 4. The van der Waals surface area contributed by atoms with Gasteiger partial charge in [-0.1, -0.05) is 18.2 Å². The monoisotopic (exact) mass is 260 g/mol. The Kier molecular flexibility index (Phi) is 4.23. The number of aliphatic carboxylic acids is 1. The van der Waals surface area contributed by atoms with Gasteiger partial charge in [0, 0.05) is 0 Å². The highest BCUT2D eigenvalue weighted by molar-refractivity contribution is 5.88. The maximum Gasteiger partial charge on any atom is 0.335 e. The molecule has 0 saturated carbocycles. The zero-order valence-corrected chi connectivity index (χ0v) is 10.8.